The van der Waals surface area contributed by atoms with Crippen molar-refractivity contribution in [2.75, 3.05) is 31.9 Å². The van der Waals surface area contributed by atoms with Gasteiger partial charge in [0.1, 0.15) is 0 Å². The number of carbonyl (C=O) groups excluding carboxylic acids is 1. The number of halogens is 3. The van der Waals surface area contributed by atoms with E-state index < -0.39 is 11.6 Å². The lowest BCUT2D eigenvalue weighted by Crippen LogP contribution is -2.47. The lowest BCUT2D eigenvalue weighted by Gasteiger charge is -2.27. The molecule has 0 atom stereocenters. The first-order chi connectivity index (χ1) is 8.66. The predicted octanol–water partition coefficient (Wildman–Crippen LogP) is 1.91. The van der Waals surface area contributed by atoms with Crippen LogP contribution in [0.15, 0.2) is 23.1 Å². The standard InChI is InChI=1S/C12H14F2N2OS.ClH/c13-10-2-1-9(7-11(10)14)18-8-12(17)16-5-3-15-4-6-16;/h1-2,7,15H,3-6,8H2;1H. The van der Waals surface area contributed by atoms with Gasteiger partial charge >= 0.3 is 0 Å². The van der Waals surface area contributed by atoms with E-state index in [1.165, 1.54) is 17.8 Å². The molecule has 0 aromatic heterocycles. The Bertz CT molecular complexity index is 442. The second kappa shape index (κ2) is 7.67. The molecule has 1 heterocycles. The summed E-state index contributed by atoms with van der Waals surface area (Å²) < 4.78 is 25.7. The average Bonchev–Trinajstić information content (AvgIpc) is 2.41. The zero-order chi connectivity index (χ0) is 13.0. The highest BCUT2D eigenvalue weighted by Crippen LogP contribution is 2.20. The number of amides is 1. The topological polar surface area (TPSA) is 32.3 Å². The molecule has 1 saturated heterocycles. The van der Waals surface area contributed by atoms with Gasteiger partial charge in [0, 0.05) is 31.1 Å². The van der Waals surface area contributed by atoms with E-state index >= 15 is 0 Å². The minimum absolute atomic E-state index is 0. The summed E-state index contributed by atoms with van der Waals surface area (Å²) in [5, 5.41) is 3.17. The Kier molecular flexibility index (Phi) is 6.54. The van der Waals surface area contributed by atoms with Crippen LogP contribution in [-0.2, 0) is 4.79 Å². The smallest absolute Gasteiger partial charge is 0.233 e. The van der Waals surface area contributed by atoms with Crippen LogP contribution in [0.1, 0.15) is 0 Å². The molecule has 1 aliphatic rings. The summed E-state index contributed by atoms with van der Waals surface area (Å²) in [4.78, 5) is 14.2. The first-order valence-electron chi connectivity index (χ1n) is 5.73. The molecule has 0 saturated carbocycles. The molecule has 0 unspecified atom stereocenters. The van der Waals surface area contributed by atoms with Crippen molar-refractivity contribution >= 4 is 30.1 Å². The van der Waals surface area contributed by atoms with Crippen LogP contribution in [0, 0.1) is 11.6 Å². The zero-order valence-electron chi connectivity index (χ0n) is 10.2. The van der Waals surface area contributed by atoms with Crippen molar-refractivity contribution in [3.63, 3.8) is 0 Å². The van der Waals surface area contributed by atoms with Gasteiger partial charge in [-0.3, -0.25) is 4.79 Å². The summed E-state index contributed by atoms with van der Waals surface area (Å²) in [7, 11) is 0. The fourth-order valence-corrected chi connectivity index (χ4v) is 2.54. The molecule has 1 aliphatic heterocycles. The highest BCUT2D eigenvalue weighted by molar-refractivity contribution is 8.00. The molecule has 0 bridgehead atoms. The summed E-state index contributed by atoms with van der Waals surface area (Å²) in [5.74, 6) is -1.46. The molecule has 106 valence electrons. The van der Waals surface area contributed by atoms with Crippen molar-refractivity contribution < 1.29 is 13.6 Å². The molecule has 19 heavy (non-hydrogen) atoms. The molecule has 3 nitrogen and oxygen atoms in total. The first-order valence-corrected chi connectivity index (χ1v) is 6.72. The summed E-state index contributed by atoms with van der Waals surface area (Å²) >= 11 is 1.23. The number of nitrogens with zero attached hydrogens (tertiary/aromatic N) is 1. The maximum Gasteiger partial charge on any atom is 0.233 e. The summed E-state index contributed by atoms with van der Waals surface area (Å²) in [6, 6.07) is 3.67. The van der Waals surface area contributed by atoms with Crippen molar-refractivity contribution in [2.24, 2.45) is 0 Å². The van der Waals surface area contributed by atoms with E-state index in [1.807, 2.05) is 0 Å². The Morgan fingerprint density at radius 2 is 1.95 bits per heavy atom. The number of hydrogen-bond donors (Lipinski definition) is 1. The normalized spacial score (nSPS) is 14.9. The molecule has 1 N–H and O–H groups in total. The fourth-order valence-electron chi connectivity index (χ4n) is 1.72. The van der Waals surface area contributed by atoms with Gasteiger partial charge in [-0.2, -0.15) is 0 Å². The molecule has 0 spiro atoms. The molecule has 7 heteroatoms. The van der Waals surface area contributed by atoms with Gasteiger partial charge in [-0.05, 0) is 18.2 Å². The van der Waals surface area contributed by atoms with Crippen LogP contribution in [0.4, 0.5) is 8.78 Å². The van der Waals surface area contributed by atoms with Gasteiger partial charge < -0.3 is 10.2 Å². The van der Waals surface area contributed by atoms with Crippen LogP contribution in [-0.4, -0.2) is 42.7 Å². The Balaban J connectivity index is 0.00000180. The third-order valence-corrected chi connectivity index (χ3v) is 3.70. The average molecular weight is 309 g/mol. The third kappa shape index (κ3) is 4.63. The van der Waals surface area contributed by atoms with Gasteiger partial charge in [-0.15, -0.1) is 24.2 Å². The maximum atomic E-state index is 13.0. The van der Waals surface area contributed by atoms with Crippen LogP contribution in [0.2, 0.25) is 0 Å². The Labute approximate surface area is 121 Å². The molecular weight excluding hydrogens is 294 g/mol. The van der Waals surface area contributed by atoms with E-state index in [1.54, 1.807) is 4.90 Å². The largest absolute Gasteiger partial charge is 0.339 e. The molecule has 1 amide bonds. The molecule has 2 rings (SSSR count). The van der Waals surface area contributed by atoms with Gasteiger partial charge in [0.25, 0.3) is 0 Å². The highest BCUT2D eigenvalue weighted by Gasteiger charge is 2.16. The van der Waals surface area contributed by atoms with Crippen molar-refractivity contribution in [2.45, 2.75) is 4.90 Å². The second-order valence-electron chi connectivity index (χ2n) is 4.00. The highest BCUT2D eigenvalue weighted by atomic mass is 35.5. The Hall–Kier alpha value is -0.850. The van der Waals surface area contributed by atoms with E-state index in [4.69, 9.17) is 0 Å². The van der Waals surface area contributed by atoms with E-state index in [0.29, 0.717) is 18.0 Å². The number of thioether (sulfide) groups is 1. The molecule has 0 aliphatic carbocycles. The SMILES string of the molecule is Cl.O=C(CSc1ccc(F)c(F)c1)N1CCNCC1. The summed E-state index contributed by atoms with van der Waals surface area (Å²) in [5.41, 5.74) is 0. The molecule has 1 fully saturated rings. The van der Waals surface area contributed by atoms with Crippen LogP contribution < -0.4 is 5.32 Å². The lowest BCUT2D eigenvalue weighted by atomic mass is 10.3. The van der Waals surface area contributed by atoms with Crippen LogP contribution in [0.25, 0.3) is 0 Å². The van der Waals surface area contributed by atoms with Crippen LogP contribution in [0.5, 0.6) is 0 Å². The number of benzene rings is 1. The molecular formula is C12H15ClF2N2OS. The monoisotopic (exact) mass is 308 g/mol. The van der Waals surface area contributed by atoms with Crippen molar-refractivity contribution in [3.05, 3.63) is 29.8 Å². The number of carbonyl (C=O) groups is 1. The van der Waals surface area contributed by atoms with Gasteiger partial charge in [0.05, 0.1) is 5.75 Å². The third-order valence-electron chi connectivity index (χ3n) is 2.72. The molecule has 0 radical (unpaired) electrons. The van der Waals surface area contributed by atoms with Gasteiger partial charge in [-0.25, -0.2) is 8.78 Å². The molecule has 1 aromatic rings. The van der Waals surface area contributed by atoms with Crippen molar-refractivity contribution in [1.29, 1.82) is 0 Å². The quantitative estimate of drug-likeness (QED) is 0.866. The van der Waals surface area contributed by atoms with Crippen LogP contribution >= 0.6 is 24.2 Å². The van der Waals surface area contributed by atoms with E-state index in [0.717, 1.165) is 25.2 Å². The zero-order valence-corrected chi connectivity index (χ0v) is 11.8. The van der Waals surface area contributed by atoms with E-state index in [2.05, 4.69) is 5.32 Å². The first kappa shape index (κ1) is 16.2. The Morgan fingerprint density at radius 1 is 1.26 bits per heavy atom. The van der Waals surface area contributed by atoms with Crippen molar-refractivity contribution in [3.8, 4) is 0 Å². The number of hydrogen-bond acceptors (Lipinski definition) is 3. The van der Waals surface area contributed by atoms with E-state index in [-0.39, 0.29) is 24.1 Å². The minimum Gasteiger partial charge on any atom is -0.339 e. The van der Waals surface area contributed by atoms with Gasteiger partial charge in [-0.1, -0.05) is 0 Å². The number of nitrogens with one attached hydrogen (secondary N) is 1. The summed E-state index contributed by atoms with van der Waals surface area (Å²) in [6.07, 6.45) is 0. The van der Waals surface area contributed by atoms with Crippen LogP contribution in [0.3, 0.4) is 0 Å². The minimum atomic E-state index is -0.880. The Morgan fingerprint density at radius 3 is 2.58 bits per heavy atom. The number of rotatable bonds is 3. The second-order valence-corrected chi connectivity index (χ2v) is 5.04. The fraction of sp³-hybridized carbons (Fsp3) is 0.417. The van der Waals surface area contributed by atoms with Crippen molar-refractivity contribution in [1.82, 2.24) is 10.2 Å². The lowest BCUT2D eigenvalue weighted by molar-refractivity contribution is -0.128. The van der Waals surface area contributed by atoms with Gasteiger partial charge in [0.2, 0.25) is 5.91 Å². The van der Waals surface area contributed by atoms with Gasteiger partial charge in [0.15, 0.2) is 11.6 Å². The number of piperazine rings is 1. The predicted molar refractivity (Wildman–Crippen MR) is 73.8 cm³/mol. The molecule has 1 aromatic carbocycles. The summed E-state index contributed by atoms with van der Waals surface area (Å²) in [6.45, 7) is 3.03. The maximum absolute atomic E-state index is 13.0. The van der Waals surface area contributed by atoms with E-state index in [9.17, 15) is 13.6 Å².